The molecule has 2 amide bonds. The number of nitrogens with zero attached hydrogens (tertiary/aromatic N) is 2. The number of carbonyl (C=O) groups excluding carboxylic acids is 2. The van der Waals surface area contributed by atoms with E-state index in [1.807, 2.05) is 53.6 Å². The van der Waals surface area contributed by atoms with Crippen molar-refractivity contribution in [3.8, 4) is 5.75 Å². The van der Waals surface area contributed by atoms with E-state index in [4.69, 9.17) is 17.0 Å². The lowest BCUT2D eigenvalue weighted by Gasteiger charge is -2.36. The average molecular weight is 523 g/mol. The number of thiocarbonyl (C=S) groups is 1. The summed E-state index contributed by atoms with van der Waals surface area (Å²) in [5, 5.41) is 7.93. The number of nitrogens with one attached hydrogen (secondary N) is 2. The monoisotopic (exact) mass is 522 g/mol. The zero-order chi connectivity index (χ0) is 25.5. The van der Waals surface area contributed by atoms with Crippen LogP contribution in [-0.2, 0) is 0 Å². The molecule has 1 aliphatic heterocycles. The number of hydrogen-bond acceptors (Lipinski definition) is 6. The van der Waals surface area contributed by atoms with E-state index in [1.54, 1.807) is 24.3 Å². The first kappa shape index (κ1) is 25.7. The molecule has 0 unspecified atom stereocenters. The molecular formula is C27H30N4O3S2. The van der Waals surface area contributed by atoms with Gasteiger partial charge in [0.05, 0.1) is 11.0 Å². The van der Waals surface area contributed by atoms with Crippen molar-refractivity contribution in [2.45, 2.75) is 26.4 Å². The predicted molar refractivity (Wildman–Crippen MR) is 149 cm³/mol. The minimum Gasteiger partial charge on any atom is -0.491 e. The number of ether oxygens (including phenoxy) is 1. The molecule has 0 saturated carbocycles. The molecule has 1 fully saturated rings. The molecule has 0 aliphatic carbocycles. The van der Waals surface area contributed by atoms with Crippen LogP contribution in [0.2, 0.25) is 0 Å². The highest BCUT2D eigenvalue weighted by Gasteiger charge is 2.22. The average Bonchev–Trinajstić information content (AvgIpc) is 3.44. The number of anilines is 2. The normalized spacial score (nSPS) is 14.2. The first-order valence-corrected chi connectivity index (χ1v) is 13.3. The third-order valence-corrected chi connectivity index (χ3v) is 7.11. The lowest BCUT2D eigenvalue weighted by atomic mass is 10.2. The number of thiophene rings is 1. The summed E-state index contributed by atoms with van der Waals surface area (Å²) >= 11 is 6.81. The molecule has 36 heavy (non-hydrogen) atoms. The number of rotatable bonds is 7. The summed E-state index contributed by atoms with van der Waals surface area (Å²) in [6.07, 6.45) is 1.04. The molecule has 0 spiro atoms. The fraction of sp³-hybridized carbons (Fsp3) is 0.296. The molecule has 0 radical (unpaired) electrons. The quantitative estimate of drug-likeness (QED) is 0.425. The van der Waals surface area contributed by atoms with Gasteiger partial charge in [-0.1, -0.05) is 13.0 Å². The van der Waals surface area contributed by atoms with E-state index >= 15 is 0 Å². The van der Waals surface area contributed by atoms with Crippen LogP contribution in [0.5, 0.6) is 5.75 Å². The SMILES string of the molecule is CC[C@H](C)Oc1ccc(C(=O)NC(=S)Nc2ccc(N3CCN(C(=O)c4cccs4)CC3)cc2)cc1. The van der Waals surface area contributed by atoms with Gasteiger partial charge < -0.3 is 19.9 Å². The third kappa shape index (κ3) is 6.61. The second-order valence-electron chi connectivity index (χ2n) is 8.57. The van der Waals surface area contributed by atoms with Gasteiger partial charge >= 0.3 is 0 Å². The van der Waals surface area contributed by atoms with Crippen LogP contribution in [0.25, 0.3) is 0 Å². The molecule has 1 aromatic heterocycles. The van der Waals surface area contributed by atoms with Crippen molar-refractivity contribution >= 4 is 51.9 Å². The first-order chi connectivity index (χ1) is 17.4. The summed E-state index contributed by atoms with van der Waals surface area (Å²) in [5.41, 5.74) is 2.37. The first-order valence-electron chi connectivity index (χ1n) is 12.0. The van der Waals surface area contributed by atoms with Gasteiger partial charge in [-0.2, -0.15) is 0 Å². The van der Waals surface area contributed by atoms with Crippen molar-refractivity contribution in [3.63, 3.8) is 0 Å². The van der Waals surface area contributed by atoms with Gasteiger partial charge in [0.1, 0.15) is 5.75 Å². The Balaban J connectivity index is 1.25. The maximum atomic E-state index is 12.5. The molecule has 1 saturated heterocycles. The molecule has 188 valence electrons. The lowest BCUT2D eigenvalue weighted by Crippen LogP contribution is -2.48. The second kappa shape index (κ2) is 12.0. The third-order valence-electron chi connectivity index (χ3n) is 6.04. The van der Waals surface area contributed by atoms with Crippen molar-refractivity contribution in [1.82, 2.24) is 10.2 Å². The molecule has 9 heteroatoms. The second-order valence-corrected chi connectivity index (χ2v) is 9.93. The van der Waals surface area contributed by atoms with Crippen LogP contribution in [0, 0.1) is 0 Å². The number of hydrogen-bond donors (Lipinski definition) is 2. The van der Waals surface area contributed by atoms with Crippen molar-refractivity contribution in [3.05, 3.63) is 76.5 Å². The summed E-state index contributed by atoms with van der Waals surface area (Å²) < 4.78 is 5.75. The van der Waals surface area contributed by atoms with Crippen LogP contribution in [0.3, 0.4) is 0 Å². The van der Waals surface area contributed by atoms with Gasteiger partial charge in [0.2, 0.25) is 0 Å². The van der Waals surface area contributed by atoms with E-state index in [-0.39, 0.29) is 23.0 Å². The minimum atomic E-state index is -0.283. The zero-order valence-corrected chi connectivity index (χ0v) is 22.0. The van der Waals surface area contributed by atoms with Gasteiger partial charge in [-0.3, -0.25) is 14.9 Å². The summed E-state index contributed by atoms with van der Waals surface area (Å²) in [5.74, 6) is 0.557. The molecule has 4 rings (SSSR count). The number of carbonyl (C=O) groups is 2. The summed E-state index contributed by atoms with van der Waals surface area (Å²) in [7, 11) is 0. The van der Waals surface area contributed by atoms with Crippen LogP contribution < -0.4 is 20.3 Å². The zero-order valence-electron chi connectivity index (χ0n) is 20.4. The molecule has 3 aromatic rings. The number of benzene rings is 2. The molecule has 1 atom stereocenters. The molecule has 2 N–H and O–H groups in total. The number of piperazine rings is 1. The highest BCUT2D eigenvalue weighted by molar-refractivity contribution is 7.80. The summed E-state index contributed by atoms with van der Waals surface area (Å²) in [4.78, 5) is 30.0. The van der Waals surface area contributed by atoms with Crippen molar-refractivity contribution in [2.24, 2.45) is 0 Å². The molecule has 1 aliphatic rings. The maximum absolute atomic E-state index is 12.5. The number of amides is 2. The van der Waals surface area contributed by atoms with Crippen molar-refractivity contribution in [1.29, 1.82) is 0 Å². The Labute approximate surface area is 221 Å². The van der Waals surface area contributed by atoms with Gasteiger partial charge in [-0.05, 0) is 85.5 Å². The topological polar surface area (TPSA) is 73.9 Å². The van der Waals surface area contributed by atoms with Crippen LogP contribution in [-0.4, -0.2) is 54.1 Å². The van der Waals surface area contributed by atoms with Crippen LogP contribution in [0.4, 0.5) is 11.4 Å². The molecule has 7 nitrogen and oxygen atoms in total. The van der Waals surface area contributed by atoms with Gasteiger partial charge in [0.25, 0.3) is 11.8 Å². The van der Waals surface area contributed by atoms with Gasteiger partial charge in [0.15, 0.2) is 5.11 Å². The highest BCUT2D eigenvalue weighted by Crippen LogP contribution is 2.21. The molecule has 2 heterocycles. The van der Waals surface area contributed by atoms with E-state index in [9.17, 15) is 9.59 Å². The van der Waals surface area contributed by atoms with Crippen molar-refractivity contribution in [2.75, 3.05) is 36.4 Å². The van der Waals surface area contributed by atoms with E-state index < -0.39 is 0 Å². The maximum Gasteiger partial charge on any atom is 0.264 e. The largest absolute Gasteiger partial charge is 0.491 e. The fourth-order valence-electron chi connectivity index (χ4n) is 3.82. The predicted octanol–water partition coefficient (Wildman–Crippen LogP) is 5.01. The van der Waals surface area contributed by atoms with E-state index in [0.717, 1.165) is 41.5 Å². The Morgan fingerprint density at radius 3 is 2.33 bits per heavy atom. The van der Waals surface area contributed by atoms with E-state index in [0.29, 0.717) is 18.7 Å². The molecule has 0 bridgehead atoms. The van der Waals surface area contributed by atoms with Gasteiger partial charge in [0, 0.05) is 43.1 Å². The van der Waals surface area contributed by atoms with E-state index in [1.165, 1.54) is 11.3 Å². The molecular weight excluding hydrogens is 492 g/mol. The van der Waals surface area contributed by atoms with Crippen LogP contribution in [0.1, 0.15) is 40.3 Å². The lowest BCUT2D eigenvalue weighted by molar-refractivity contribution is 0.0751. The van der Waals surface area contributed by atoms with Crippen LogP contribution >= 0.6 is 23.6 Å². The fourth-order valence-corrected chi connectivity index (χ4v) is 4.72. The Morgan fingerprint density at radius 2 is 1.72 bits per heavy atom. The standard InChI is InChI=1S/C27H30N4O3S2/c1-3-19(2)34-23-12-6-20(7-13-23)25(32)29-27(35)28-21-8-10-22(11-9-21)30-14-16-31(17-15-30)26(33)24-5-4-18-36-24/h4-13,18-19H,3,14-17H2,1-2H3,(H2,28,29,32,35)/t19-/m0/s1. The molecule has 2 aromatic carbocycles. The Bertz CT molecular complexity index is 1170. The minimum absolute atomic E-state index is 0.107. The Kier molecular flexibility index (Phi) is 8.56. The smallest absolute Gasteiger partial charge is 0.264 e. The highest BCUT2D eigenvalue weighted by atomic mass is 32.1. The van der Waals surface area contributed by atoms with E-state index in [2.05, 4.69) is 22.5 Å². The summed E-state index contributed by atoms with van der Waals surface area (Å²) in [6.45, 7) is 7.01. The summed E-state index contributed by atoms with van der Waals surface area (Å²) in [6, 6.07) is 18.7. The Hall–Kier alpha value is -3.43. The van der Waals surface area contributed by atoms with Gasteiger partial charge in [-0.25, -0.2) is 0 Å². The Morgan fingerprint density at radius 1 is 1.03 bits per heavy atom. The van der Waals surface area contributed by atoms with Crippen LogP contribution in [0.15, 0.2) is 66.0 Å². The van der Waals surface area contributed by atoms with Crippen molar-refractivity contribution < 1.29 is 14.3 Å². The van der Waals surface area contributed by atoms with Gasteiger partial charge in [-0.15, -0.1) is 11.3 Å².